The van der Waals surface area contributed by atoms with E-state index in [2.05, 4.69) is 42.3 Å². The van der Waals surface area contributed by atoms with Crippen LogP contribution in [0.4, 0.5) is 0 Å². The van der Waals surface area contributed by atoms with Gasteiger partial charge in [-0.2, -0.15) is 0 Å². The first-order valence-corrected chi connectivity index (χ1v) is 7.56. The summed E-state index contributed by atoms with van der Waals surface area (Å²) in [6, 6.07) is 6.22. The lowest BCUT2D eigenvalue weighted by Gasteiger charge is -2.16. The van der Waals surface area contributed by atoms with Crippen LogP contribution >= 0.6 is 0 Å². The second-order valence-electron chi connectivity index (χ2n) is 5.84. The quantitative estimate of drug-likeness (QED) is 0.947. The molecule has 0 fully saturated rings. The highest BCUT2D eigenvalue weighted by molar-refractivity contribution is 5.92. The largest absolute Gasteiger partial charge is 0.372 e. The number of ether oxygens (including phenoxy) is 1. The van der Waals surface area contributed by atoms with E-state index in [-0.39, 0.29) is 11.9 Å². The molecule has 1 amide bonds. The van der Waals surface area contributed by atoms with Crippen molar-refractivity contribution in [3.8, 4) is 0 Å². The van der Waals surface area contributed by atoms with Gasteiger partial charge in [0.25, 0.3) is 5.91 Å². The van der Waals surface area contributed by atoms with Gasteiger partial charge < -0.3 is 14.6 Å². The Balaban J connectivity index is 1.74. The van der Waals surface area contributed by atoms with Crippen molar-refractivity contribution >= 4 is 5.91 Å². The first kappa shape index (κ1) is 14.8. The van der Waals surface area contributed by atoms with Crippen LogP contribution in [0.15, 0.2) is 24.4 Å². The van der Waals surface area contributed by atoms with E-state index in [9.17, 15) is 4.79 Å². The molecule has 0 saturated heterocycles. The second-order valence-corrected chi connectivity index (χ2v) is 5.84. The van der Waals surface area contributed by atoms with Crippen LogP contribution in [-0.4, -0.2) is 22.1 Å². The lowest BCUT2D eigenvalue weighted by Crippen LogP contribution is -2.27. The normalized spacial score (nSPS) is 15.2. The number of aryl methyl sites for hydroxylation is 2. The highest BCUT2D eigenvalue weighted by Crippen LogP contribution is 2.19. The van der Waals surface area contributed by atoms with Crippen LogP contribution in [0.25, 0.3) is 0 Å². The van der Waals surface area contributed by atoms with E-state index in [1.807, 2.05) is 17.7 Å². The van der Waals surface area contributed by atoms with Crippen molar-refractivity contribution in [3.63, 3.8) is 0 Å². The predicted octanol–water partition coefficient (Wildman–Crippen LogP) is 2.52. The summed E-state index contributed by atoms with van der Waals surface area (Å²) >= 11 is 0. The number of benzene rings is 1. The number of rotatable bonds is 3. The maximum absolute atomic E-state index is 12.4. The van der Waals surface area contributed by atoms with Gasteiger partial charge in [-0.15, -0.1) is 0 Å². The lowest BCUT2D eigenvalue weighted by molar-refractivity contribution is 0.0815. The summed E-state index contributed by atoms with van der Waals surface area (Å²) in [5, 5.41) is 3.03. The minimum Gasteiger partial charge on any atom is -0.372 e. The molecule has 1 aromatic heterocycles. The zero-order chi connectivity index (χ0) is 15.7. The molecule has 2 aromatic rings. The average molecular weight is 299 g/mol. The van der Waals surface area contributed by atoms with Crippen molar-refractivity contribution in [1.29, 1.82) is 0 Å². The van der Waals surface area contributed by atoms with E-state index in [0.717, 1.165) is 17.9 Å². The third kappa shape index (κ3) is 2.90. The molecule has 0 spiro atoms. The average Bonchev–Trinajstić information content (AvgIpc) is 2.91. The zero-order valence-electron chi connectivity index (χ0n) is 13.2. The summed E-state index contributed by atoms with van der Waals surface area (Å²) in [5.41, 5.74) is 4.00. The Morgan fingerprint density at radius 1 is 1.41 bits per heavy atom. The number of carbonyl (C=O) groups is 1. The molecule has 0 aliphatic carbocycles. The predicted molar refractivity (Wildman–Crippen MR) is 83.7 cm³/mol. The first-order valence-electron chi connectivity index (χ1n) is 7.56. The van der Waals surface area contributed by atoms with Crippen LogP contribution in [0.1, 0.15) is 46.0 Å². The highest BCUT2D eigenvalue weighted by Gasteiger charge is 2.19. The summed E-state index contributed by atoms with van der Waals surface area (Å²) in [7, 11) is 0. The van der Waals surface area contributed by atoms with Crippen molar-refractivity contribution in [3.05, 3.63) is 52.6 Å². The Bertz CT molecular complexity index is 682. The molecule has 1 aliphatic heterocycles. The fourth-order valence-corrected chi connectivity index (χ4v) is 2.86. The summed E-state index contributed by atoms with van der Waals surface area (Å²) in [4.78, 5) is 16.8. The van der Waals surface area contributed by atoms with E-state index in [4.69, 9.17) is 4.74 Å². The lowest BCUT2D eigenvalue weighted by atomic mass is 10.0. The number of nitrogens with zero attached hydrogens (tertiary/aromatic N) is 2. The minimum absolute atomic E-state index is 0.0527. The van der Waals surface area contributed by atoms with E-state index in [0.29, 0.717) is 18.9 Å². The van der Waals surface area contributed by atoms with Gasteiger partial charge in [-0.25, -0.2) is 4.98 Å². The van der Waals surface area contributed by atoms with Gasteiger partial charge in [0.1, 0.15) is 18.1 Å². The van der Waals surface area contributed by atoms with Crippen LogP contribution in [-0.2, 0) is 17.9 Å². The number of nitrogens with one attached hydrogen (secondary N) is 1. The Morgan fingerprint density at radius 3 is 2.95 bits per heavy atom. The number of fused-ring (bicyclic) bond motifs is 1. The molecule has 0 radical (unpaired) electrons. The van der Waals surface area contributed by atoms with Crippen LogP contribution in [0.2, 0.25) is 0 Å². The molecule has 1 unspecified atom stereocenters. The standard InChI is InChI=1S/C17H21N3O2/c1-11-4-5-14(12(2)8-11)13(3)18-17(21)15-9-20-6-7-22-10-16(20)19-15/h4-5,8-9,13H,6-7,10H2,1-3H3,(H,18,21). The van der Waals surface area contributed by atoms with Crippen LogP contribution in [0.3, 0.4) is 0 Å². The molecule has 3 rings (SSSR count). The molecule has 2 heterocycles. The van der Waals surface area contributed by atoms with E-state index < -0.39 is 0 Å². The molecule has 0 bridgehead atoms. The van der Waals surface area contributed by atoms with Gasteiger partial charge in [-0.3, -0.25) is 4.79 Å². The van der Waals surface area contributed by atoms with Gasteiger partial charge in [-0.05, 0) is 31.9 Å². The van der Waals surface area contributed by atoms with Gasteiger partial charge >= 0.3 is 0 Å². The molecule has 0 saturated carbocycles. The summed E-state index contributed by atoms with van der Waals surface area (Å²) in [5.74, 6) is 0.671. The summed E-state index contributed by atoms with van der Waals surface area (Å²) in [6.07, 6.45) is 1.81. The van der Waals surface area contributed by atoms with Gasteiger partial charge in [0.05, 0.1) is 12.6 Å². The zero-order valence-corrected chi connectivity index (χ0v) is 13.2. The van der Waals surface area contributed by atoms with Crippen LogP contribution < -0.4 is 5.32 Å². The second kappa shape index (κ2) is 5.93. The first-order chi connectivity index (χ1) is 10.5. The van der Waals surface area contributed by atoms with Gasteiger partial charge in [-0.1, -0.05) is 23.8 Å². The molecule has 1 N–H and O–H groups in total. The molecule has 1 aliphatic rings. The Labute approximate surface area is 130 Å². The molecule has 1 atom stereocenters. The van der Waals surface area contributed by atoms with Gasteiger partial charge in [0.2, 0.25) is 0 Å². The molecular weight excluding hydrogens is 278 g/mol. The molecule has 5 heteroatoms. The third-order valence-electron chi connectivity index (χ3n) is 4.04. The molecular formula is C17H21N3O2. The Morgan fingerprint density at radius 2 is 2.23 bits per heavy atom. The summed E-state index contributed by atoms with van der Waals surface area (Å²) in [6.45, 7) is 8.02. The third-order valence-corrected chi connectivity index (χ3v) is 4.04. The molecule has 1 aromatic carbocycles. The van der Waals surface area contributed by atoms with Crippen LogP contribution in [0.5, 0.6) is 0 Å². The van der Waals surface area contributed by atoms with Crippen molar-refractivity contribution < 1.29 is 9.53 Å². The number of carbonyl (C=O) groups excluding carboxylic acids is 1. The minimum atomic E-state index is -0.144. The maximum atomic E-state index is 12.4. The number of hydrogen-bond donors (Lipinski definition) is 1. The van der Waals surface area contributed by atoms with Crippen molar-refractivity contribution in [2.45, 2.75) is 40.0 Å². The van der Waals surface area contributed by atoms with E-state index >= 15 is 0 Å². The highest BCUT2D eigenvalue weighted by atomic mass is 16.5. The molecule has 116 valence electrons. The van der Waals surface area contributed by atoms with Crippen molar-refractivity contribution in [2.75, 3.05) is 6.61 Å². The molecule has 22 heavy (non-hydrogen) atoms. The Hall–Kier alpha value is -2.14. The smallest absolute Gasteiger partial charge is 0.271 e. The van der Waals surface area contributed by atoms with Gasteiger partial charge in [0, 0.05) is 12.7 Å². The number of imidazole rings is 1. The van der Waals surface area contributed by atoms with Gasteiger partial charge in [0.15, 0.2) is 0 Å². The van der Waals surface area contributed by atoms with E-state index in [1.54, 1.807) is 0 Å². The maximum Gasteiger partial charge on any atom is 0.271 e. The topological polar surface area (TPSA) is 56.2 Å². The number of hydrogen-bond acceptors (Lipinski definition) is 3. The molecule has 5 nitrogen and oxygen atoms in total. The van der Waals surface area contributed by atoms with E-state index in [1.165, 1.54) is 11.1 Å². The van der Waals surface area contributed by atoms with Crippen LogP contribution in [0, 0.1) is 13.8 Å². The Kier molecular flexibility index (Phi) is 3.98. The monoisotopic (exact) mass is 299 g/mol. The fraction of sp³-hybridized carbons (Fsp3) is 0.412. The fourth-order valence-electron chi connectivity index (χ4n) is 2.86. The number of amides is 1. The summed E-state index contributed by atoms with van der Waals surface area (Å²) < 4.78 is 7.34. The number of aromatic nitrogens is 2. The van der Waals surface area contributed by atoms with Crippen molar-refractivity contribution in [1.82, 2.24) is 14.9 Å². The van der Waals surface area contributed by atoms with Crippen molar-refractivity contribution in [2.24, 2.45) is 0 Å². The SMILES string of the molecule is Cc1ccc(C(C)NC(=O)c2cn3c(n2)COCC3)c(C)c1.